The Hall–Kier alpha value is -1.12. The van der Waals surface area contributed by atoms with Crippen LogP contribution in [0.25, 0.3) is 0 Å². The van der Waals surface area contributed by atoms with Gasteiger partial charge in [0.2, 0.25) is 0 Å². The van der Waals surface area contributed by atoms with Crippen molar-refractivity contribution in [1.29, 1.82) is 0 Å². The van der Waals surface area contributed by atoms with Crippen molar-refractivity contribution < 1.29 is 4.39 Å². The lowest BCUT2D eigenvalue weighted by Crippen LogP contribution is -2.25. The molecule has 0 aromatic carbocycles. The van der Waals surface area contributed by atoms with E-state index < -0.39 is 6.30 Å². The highest BCUT2D eigenvalue weighted by molar-refractivity contribution is 5.52. The topological polar surface area (TPSA) is 16.1 Å². The van der Waals surface area contributed by atoms with E-state index in [0.717, 1.165) is 24.2 Å². The first kappa shape index (κ1) is 8.48. The number of rotatable bonds is 1. The molecular formula is C10H13FN2. The lowest BCUT2D eigenvalue weighted by atomic mass is 10.2. The van der Waals surface area contributed by atoms with E-state index in [4.69, 9.17) is 0 Å². The number of halogens is 1. The van der Waals surface area contributed by atoms with Crippen LogP contribution in [0.1, 0.15) is 18.4 Å². The van der Waals surface area contributed by atoms with Crippen LogP contribution in [0.3, 0.4) is 0 Å². The molecule has 0 amide bonds. The fourth-order valence-corrected chi connectivity index (χ4v) is 1.75. The van der Waals surface area contributed by atoms with Gasteiger partial charge < -0.3 is 4.90 Å². The summed E-state index contributed by atoms with van der Waals surface area (Å²) < 4.78 is 13.4. The second-order valence-electron chi connectivity index (χ2n) is 3.43. The monoisotopic (exact) mass is 180 g/mol. The molecular weight excluding hydrogens is 167 g/mol. The molecule has 0 N–H and O–H groups in total. The van der Waals surface area contributed by atoms with E-state index in [-0.39, 0.29) is 0 Å². The third-order valence-corrected chi connectivity index (χ3v) is 2.50. The van der Waals surface area contributed by atoms with Crippen molar-refractivity contribution in [3.8, 4) is 0 Å². The largest absolute Gasteiger partial charge is 0.340 e. The van der Waals surface area contributed by atoms with Crippen LogP contribution in [0.15, 0.2) is 18.5 Å². The molecule has 1 aromatic rings. The van der Waals surface area contributed by atoms with Gasteiger partial charge >= 0.3 is 0 Å². The van der Waals surface area contributed by atoms with Gasteiger partial charge in [0.1, 0.15) is 0 Å². The van der Waals surface area contributed by atoms with Gasteiger partial charge in [0.05, 0.1) is 11.9 Å². The van der Waals surface area contributed by atoms with Crippen molar-refractivity contribution in [3.05, 3.63) is 24.0 Å². The summed E-state index contributed by atoms with van der Waals surface area (Å²) in [4.78, 5) is 5.81. The Morgan fingerprint density at radius 1 is 1.62 bits per heavy atom. The molecule has 2 rings (SSSR count). The van der Waals surface area contributed by atoms with E-state index in [0.29, 0.717) is 6.42 Å². The van der Waals surface area contributed by atoms with Gasteiger partial charge in [-0.05, 0) is 31.4 Å². The summed E-state index contributed by atoms with van der Waals surface area (Å²) in [5, 5.41) is 0. The maximum atomic E-state index is 13.4. The quantitative estimate of drug-likeness (QED) is 0.616. The fourth-order valence-electron chi connectivity index (χ4n) is 1.75. The third kappa shape index (κ3) is 1.50. The van der Waals surface area contributed by atoms with Crippen LogP contribution in [0, 0.1) is 6.92 Å². The summed E-state index contributed by atoms with van der Waals surface area (Å²) in [6, 6.07) is 1.92. The molecule has 1 unspecified atom stereocenters. The second-order valence-corrected chi connectivity index (χ2v) is 3.43. The van der Waals surface area contributed by atoms with Gasteiger partial charge in [-0.2, -0.15) is 0 Å². The summed E-state index contributed by atoms with van der Waals surface area (Å²) in [5.41, 5.74) is 2.03. The number of anilines is 1. The zero-order chi connectivity index (χ0) is 9.26. The highest BCUT2D eigenvalue weighted by Gasteiger charge is 2.24. The van der Waals surface area contributed by atoms with Crippen LogP contribution < -0.4 is 4.90 Å². The Kier molecular flexibility index (Phi) is 2.17. The third-order valence-electron chi connectivity index (χ3n) is 2.50. The highest BCUT2D eigenvalue weighted by atomic mass is 19.1. The van der Waals surface area contributed by atoms with Gasteiger partial charge in [-0.25, -0.2) is 4.39 Å². The lowest BCUT2D eigenvalue weighted by molar-refractivity contribution is 0.345. The first-order chi connectivity index (χ1) is 6.29. The fraction of sp³-hybridized carbons (Fsp3) is 0.500. The Balaban J connectivity index is 2.29. The molecule has 0 aliphatic carbocycles. The van der Waals surface area contributed by atoms with E-state index >= 15 is 0 Å². The summed E-state index contributed by atoms with van der Waals surface area (Å²) in [6.07, 6.45) is 4.25. The predicted octanol–water partition coefficient (Wildman–Crippen LogP) is 2.29. The van der Waals surface area contributed by atoms with Crippen molar-refractivity contribution >= 4 is 5.69 Å². The van der Waals surface area contributed by atoms with Crippen molar-refractivity contribution in [3.63, 3.8) is 0 Å². The first-order valence-corrected chi connectivity index (χ1v) is 4.60. The average Bonchev–Trinajstić information content (AvgIpc) is 2.52. The molecule has 1 atom stereocenters. The number of hydrogen-bond donors (Lipinski definition) is 0. The van der Waals surface area contributed by atoms with E-state index in [2.05, 4.69) is 4.98 Å². The molecule has 2 nitrogen and oxygen atoms in total. The summed E-state index contributed by atoms with van der Waals surface area (Å²) >= 11 is 0. The van der Waals surface area contributed by atoms with Crippen molar-refractivity contribution in [1.82, 2.24) is 4.98 Å². The molecule has 70 valence electrons. The molecule has 0 radical (unpaired) electrons. The standard InChI is InChI=1S/C10H13FN2/c1-8-4-5-12-7-9(8)13-6-2-3-10(13)11/h4-5,7,10H,2-3,6H2,1H3. The smallest absolute Gasteiger partial charge is 0.172 e. The van der Waals surface area contributed by atoms with Gasteiger partial charge in [-0.1, -0.05) is 0 Å². The van der Waals surface area contributed by atoms with Crippen LogP contribution in [-0.2, 0) is 0 Å². The second kappa shape index (κ2) is 3.32. The van der Waals surface area contributed by atoms with Crippen LogP contribution in [-0.4, -0.2) is 17.8 Å². The maximum Gasteiger partial charge on any atom is 0.172 e. The first-order valence-electron chi connectivity index (χ1n) is 4.60. The normalized spacial score (nSPS) is 22.3. The summed E-state index contributed by atoms with van der Waals surface area (Å²) in [5.74, 6) is 0. The van der Waals surface area contributed by atoms with Gasteiger partial charge in [0.25, 0.3) is 0 Å². The van der Waals surface area contributed by atoms with Crippen molar-refractivity contribution in [2.45, 2.75) is 26.1 Å². The van der Waals surface area contributed by atoms with E-state index in [1.165, 1.54) is 0 Å². The number of aryl methyl sites for hydroxylation is 1. The minimum absolute atomic E-state index is 0.647. The Bertz CT molecular complexity index is 301. The number of hydrogen-bond acceptors (Lipinski definition) is 2. The van der Waals surface area contributed by atoms with Crippen LogP contribution in [0.2, 0.25) is 0 Å². The number of pyridine rings is 1. The molecule has 1 aromatic heterocycles. The predicted molar refractivity (Wildman–Crippen MR) is 50.5 cm³/mol. The Morgan fingerprint density at radius 3 is 3.08 bits per heavy atom. The lowest BCUT2D eigenvalue weighted by Gasteiger charge is -2.22. The van der Waals surface area contributed by atoms with Crippen LogP contribution in [0.5, 0.6) is 0 Å². The Morgan fingerprint density at radius 2 is 2.46 bits per heavy atom. The summed E-state index contributed by atoms with van der Waals surface area (Å²) in [7, 11) is 0. The summed E-state index contributed by atoms with van der Waals surface area (Å²) in [6.45, 7) is 2.80. The molecule has 0 spiro atoms. The highest BCUT2D eigenvalue weighted by Crippen LogP contribution is 2.27. The maximum absolute atomic E-state index is 13.4. The van der Waals surface area contributed by atoms with Gasteiger partial charge in [-0.15, -0.1) is 0 Å². The van der Waals surface area contributed by atoms with E-state index in [9.17, 15) is 4.39 Å². The molecule has 0 bridgehead atoms. The van der Waals surface area contributed by atoms with E-state index in [1.807, 2.05) is 13.0 Å². The minimum atomic E-state index is -0.817. The molecule has 3 heteroatoms. The molecule has 1 fully saturated rings. The Labute approximate surface area is 77.4 Å². The van der Waals surface area contributed by atoms with Crippen LogP contribution in [0.4, 0.5) is 10.1 Å². The number of nitrogens with zero attached hydrogens (tertiary/aromatic N) is 2. The molecule has 2 heterocycles. The molecule has 13 heavy (non-hydrogen) atoms. The average molecular weight is 180 g/mol. The van der Waals surface area contributed by atoms with Gasteiger partial charge in [-0.3, -0.25) is 4.98 Å². The van der Waals surface area contributed by atoms with E-state index in [1.54, 1.807) is 17.3 Å². The zero-order valence-corrected chi connectivity index (χ0v) is 7.70. The molecule has 0 saturated carbocycles. The van der Waals surface area contributed by atoms with Crippen molar-refractivity contribution in [2.75, 3.05) is 11.4 Å². The van der Waals surface area contributed by atoms with Crippen molar-refractivity contribution in [2.24, 2.45) is 0 Å². The molecule has 1 saturated heterocycles. The van der Waals surface area contributed by atoms with Crippen LogP contribution >= 0.6 is 0 Å². The number of aromatic nitrogens is 1. The van der Waals surface area contributed by atoms with Gasteiger partial charge in [0.15, 0.2) is 6.30 Å². The minimum Gasteiger partial charge on any atom is -0.340 e. The zero-order valence-electron chi connectivity index (χ0n) is 7.70. The molecule has 1 aliphatic heterocycles. The SMILES string of the molecule is Cc1ccncc1N1CCCC1F. The van der Waals surface area contributed by atoms with Gasteiger partial charge in [0, 0.05) is 12.7 Å². The molecule has 1 aliphatic rings. The number of alkyl halides is 1.